The van der Waals surface area contributed by atoms with Crippen molar-refractivity contribution in [2.45, 2.75) is 0 Å². The van der Waals surface area contributed by atoms with Crippen LogP contribution in [0.1, 0.15) is 10.4 Å². The molecule has 3 N–H and O–H groups in total. The Kier molecular flexibility index (Phi) is 4.02. The molecule has 0 fully saturated rings. The molecule has 0 aliphatic heterocycles. The summed E-state index contributed by atoms with van der Waals surface area (Å²) >= 11 is 6.00. The van der Waals surface area contributed by atoms with Gasteiger partial charge in [0, 0.05) is 34.2 Å². The molecule has 0 spiro atoms. The molecule has 26 heavy (non-hydrogen) atoms. The van der Waals surface area contributed by atoms with Crippen molar-refractivity contribution in [3.05, 3.63) is 77.7 Å². The van der Waals surface area contributed by atoms with Gasteiger partial charge in [-0.05, 0) is 30.3 Å². The maximum Gasteiger partial charge on any atom is 0.248 e. The number of halogens is 1. The fourth-order valence-electron chi connectivity index (χ4n) is 2.72. The first-order chi connectivity index (χ1) is 12.6. The summed E-state index contributed by atoms with van der Waals surface area (Å²) in [6.07, 6.45) is 5.19. The Morgan fingerprint density at radius 1 is 1.15 bits per heavy atom. The number of rotatable bonds is 4. The Hall–Kier alpha value is -3.38. The summed E-state index contributed by atoms with van der Waals surface area (Å²) in [4.78, 5) is 20.2. The zero-order valence-corrected chi connectivity index (χ0v) is 14.3. The molecule has 2 aromatic heterocycles. The van der Waals surface area contributed by atoms with Gasteiger partial charge in [-0.1, -0.05) is 29.8 Å². The van der Waals surface area contributed by atoms with E-state index in [1.165, 1.54) is 0 Å². The summed E-state index contributed by atoms with van der Waals surface area (Å²) < 4.78 is 1.90. The Bertz CT molecular complexity index is 1100. The molecule has 2 aromatic carbocycles. The van der Waals surface area contributed by atoms with Crippen molar-refractivity contribution >= 4 is 34.7 Å². The molecule has 1 amide bonds. The lowest BCUT2D eigenvalue weighted by molar-refractivity contribution is 0.100. The number of hydrogen-bond donors (Lipinski definition) is 2. The third-order valence-corrected chi connectivity index (χ3v) is 4.21. The van der Waals surface area contributed by atoms with Gasteiger partial charge in [-0.3, -0.25) is 14.2 Å². The van der Waals surface area contributed by atoms with Crippen LogP contribution in [0.4, 0.5) is 11.5 Å². The molecular weight excluding hydrogens is 350 g/mol. The normalized spacial score (nSPS) is 10.8. The van der Waals surface area contributed by atoms with Crippen molar-refractivity contribution < 1.29 is 4.79 Å². The number of nitrogens with two attached hydrogens (primary N) is 1. The number of hydrogen-bond acceptors (Lipinski definition) is 4. The second-order valence-electron chi connectivity index (χ2n) is 5.69. The first kappa shape index (κ1) is 16.1. The summed E-state index contributed by atoms with van der Waals surface area (Å²) in [7, 11) is 0. The lowest BCUT2D eigenvalue weighted by Gasteiger charge is -2.10. The van der Waals surface area contributed by atoms with E-state index in [0.717, 1.165) is 22.8 Å². The lowest BCUT2D eigenvalue weighted by atomic mass is 10.1. The number of nitrogens with one attached hydrogen (secondary N) is 1. The van der Waals surface area contributed by atoms with Gasteiger partial charge < -0.3 is 11.1 Å². The van der Waals surface area contributed by atoms with Gasteiger partial charge in [0.15, 0.2) is 5.65 Å². The maximum atomic E-state index is 11.4. The van der Waals surface area contributed by atoms with Crippen LogP contribution in [0.5, 0.6) is 0 Å². The topological polar surface area (TPSA) is 85.3 Å². The number of amides is 1. The number of imidazole rings is 1. The molecule has 0 unspecified atom stereocenters. The van der Waals surface area contributed by atoms with E-state index >= 15 is 0 Å². The smallest absolute Gasteiger partial charge is 0.248 e. The van der Waals surface area contributed by atoms with E-state index in [-0.39, 0.29) is 0 Å². The molecule has 7 heteroatoms. The summed E-state index contributed by atoms with van der Waals surface area (Å²) in [6.45, 7) is 0. The minimum atomic E-state index is -0.478. The van der Waals surface area contributed by atoms with Crippen LogP contribution >= 0.6 is 11.6 Å². The first-order valence-electron chi connectivity index (χ1n) is 7.87. The van der Waals surface area contributed by atoms with Gasteiger partial charge >= 0.3 is 0 Å². The molecule has 0 radical (unpaired) electrons. The second-order valence-corrected chi connectivity index (χ2v) is 6.13. The summed E-state index contributed by atoms with van der Waals surface area (Å²) in [5.74, 6) is 0.278. The SMILES string of the molecule is NC(=O)c1cccc(Nc2c(-c3ccc(Cl)cc3)nc3cnccn23)c1. The number of carbonyl (C=O) groups is 1. The number of carbonyl (C=O) groups excluding carboxylic acids is 1. The van der Waals surface area contributed by atoms with Gasteiger partial charge in [0.05, 0.1) is 6.20 Å². The van der Waals surface area contributed by atoms with Crippen molar-refractivity contribution in [1.82, 2.24) is 14.4 Å². The Balaban J connectivity index is 1.85. The third kappa shape index (κ3) is 2.98. The van der Waals surface area contributed by atoms with E-state index in [2.05, 4.69) is 15.3 Å². The maximum absolute atomic E-state index is 11.4. The van der Waals surface area contributed by atoms with Gasteiger partial charge in [0.1, 0.15) is 11.5 Å². The molecule has 6 nitrogen and oxygen atoms in total. The minimum absolute atomic E-state index is 0.429. The quantitative estimate of drug-likeness (QED) is 0.576. The average Bonchev–Trinajstić information content (AvgIpc) is 3.01. The molecule has 0 bridgehead atoms. The molecule has 0 aliphatic carbocycles. The van der Waals surface area contributed by atoms with Crippen LogP contribution in [-0.4, -0.2) is 20.3 Å². The summed E-state index contributed by atoms with van der Waals surface area (Å²) in [5.41, 5.74) is 8.90. The van der Waals surface area contributed by atoms with Gasteiger partial charge in [-0.15, -0.1) is 0 Å². The van der Waals surface area contributed by atoms with Crippen molar-refractivity contribution in [1.29, 1.82) is 0 Å². The molecule has 4 aromatic rings. The highest BCUT2D eigenvalue weighted by molar-refractivity contribution is 6.30. The van der Waals surface area contributed by atoms with Crippen molar-refractivity contribution in [2.75, 3.05) is 5.32 Å². The van der Waals surface area contributed by atoms with Gasteiger partial charge in [-0.25, -0.2) is 4.98 Å². The van der Waals surface area contributed by atoms with Crippen LogP contribution < -0.4 is 11.1 Å². The van der Waals surface area contributed by atoms with Crippen LogP contribution in [0.2, 0.25) is 5.02 Å². The van der Waals surface area contributed by atoms with Crippen molar-refractivity contribution in [2.24, 2.45) is 5.73 Å². The number of anilines is 2. The molecule has 0 atom stereocenters. The van der Waals surface area contributed by atoms with E-state index in [9.17, 15) is 4.79 Å². The summed E-state index contributed by atoms with van der Waals surface area (Å²) in [5, 5.41) is 3.99. The zero-order chi connectivity index (χ0) is 18.1. The monoisotopic (exact) mass is 363 g/mol. The molecule has 4 rings (SSSR count). The van der Waals surface area contributed by atoms with Crippen LogP contribution in [0.15, 0.2) is 67.1 Å². The second kappa shape index (κ2) is 6.50. The number of aromatic nitrogens is 3. The molecule has 128 valence electrons. The molecular formula is C19H14ClN5O. The summed E-state index contributed by atoms with van der Waals surface area (Å²) in [6, 6.07) is 14.5. The van der Waals surface area contributed by atoms with Gasteiger partial charge in [0.2, 0.25) is 5.91 Å². The lowest BCUT2D eigenvalue weighted by Crippen LogP contribution is -2.11. The molecule has 0 aliphatic rings. The van der Waals surface area contributed by atoms with E-state index < -0.39 is 5.91 Å². The van der Waals surface area contributed by atoms with Crippen LogP contribution in [-0.2, 0) is 0 Å². The highest BCUT2D eigenvalue weighted by atomic mass is 35.5. The highest BCUT2D eigenvalue weighted by Crippen LogP contribution is 2.31. The van der Waals surface area contributed by atoms with E-state index in [4.69, 9.17) is 17.3 Å². The van der Waals surface area contributed by atoms with Crippen LogP contribution in [0, 0.1) is 0 Å². The van der Waals surface area contributed by atoms with Gasteiger partial charge in [0.25, 0.3) is 0 Å². The molecule has 2 heterocycles. The number of nitrogens with zero attached hydrogens (tertiary/aromatic N) is 3. The third-order valence-electron chi connectivity index (χ3n) is 3.96. The Morgan fingerprint density at radius 3 is 2.73 bits per heavy atom. The van der Waals surface area contributed by atoms with Crippen molar-refractivity contribution in [3.8, 4) is 11.3 Å². The predicted octanol–water partition coefficient (Wildman–Crippen LogP) is 3.89. The fraction of sp³-hybridized carbons (Fsp3) is 0. The number of fused-ring (bicyclic) bond motifs is 1. The first-order valence-corrected chi connectivity index (χ1v) is 8.24. The van der Waals surface area contributed by atoms with Crippen LogP contribution in [0.3, 0.4) is 0 Å². The highest BCUT2D eigenvalue weighted by Gasteiger charge is 2.15. The largest absolute Gasteiger partial charge is 0.366 e. The van der Waals surface area contributed by atoms with Crippen LogP contribution in [0.25, 0.3) is 16.9 Å². The minimum Gasteiger partial charge on any atom is -0.366 e. The van der Waals surface area contributed by atoms with E-state index in [1.54, 1.807) is 30.6 Å². The average molecular weight is 364 g/mol. The predicted molar refractivity (Wildman–Crippen MR) is 102 cm³/mol. The Labute approximate surface area is 154 Å². The molecule has 0 saturated heterocycles. The fourth-order valence-corrected chi connectivity index (χ4v) is 2.85. The van der Waals surface area contributed by atoms with E-state index in [1.807, 2.05) is 40.9 Å². The number of benzene rings is 2. The standard InChI is InChI=1S/C19H14ClN5O/c20-14-6-4-12(5-7-14)17-19(25-9-8-22-11-16(25)24-17)23-15-3-1-2-13(10-15)18(21)26/h1-11,23H,(H2,21,26). The van der Waals surface area contributed by atoms with Crippen molar-refractivity contribution in [3.63, 3.8) is 0 Å². The Morgan fingerprint density at radius 2 is 1.96 bits per heavy atom. The number of primary amides is 1. The van der Waals surface area contributed by atoms with E-state index in [0.29, 0.717) is 16.2 Å². The van der Waals surface area contributed by atoms with Gasteiger partial charge in [-0.2, -0.15) is 0 Å². The molecule has 0 saturated carbocycles. The zero-order valence-electron chi connectivity index (χ0n) is 13.6.